The summed E-state index contributed by atoms with van der Waals surface area (Å²) in [6.07, 6.45) is 13.3. The average molecular weight is 339 g/mol. The summed E-state index contributed by atoms with van der Waals surface area (Å²) in [4.78, 5) is 19.8. The van der Waals surface area contributed by atoms with Gasteiger partial charge in [-0.05, 0) is 24.8 Å². The highest BCUT2D eigenvalue weighted by Crippen LogP contribution is 2.36. The average Bonchev–Trinajstić information content (AvgIpc) is 3.39. The van der Waals surface area contributed by atoms with Crippen molar-refractivity contribution in [1.29, 1.82) is 0 Å². The van der Waals surface area contributed by atoms with E-state index in [1.54, 1.807) is 17.0 Å². The minimum Gasteiger partial charge on any atom is -0.376 e. The summed E-state index contributed by atoms with van der Waals surface area (Å²) in [5.41, 5.74) is 2.39. The third-order valence-electron chi connectivity index (χ3n) is 5.20. The van der Waals surface area contributed by atoms with Gasteiger partial charge in [-0.3, -0.25) is 4.68 Å². The number of aromatic nitrogens is 5. The van der Waals surface area contributed by atoms with Gasteiger partial charge < -0.3 is 14.5 Å². The maximum atomic E-state index is 11.1. The zero-order valence-corrected chi connectivity index (χ0v) is 14.0. The van der Waals surface area contributed by atoms with Gasteiger partial charge in [0.2, 0.25) is 0 Å². The van der Waals surface area contributed by atoms with E-state index in [4.69, 9.17) is 0 Å². The Morgan fingerprint density at radius 2 is 2.16 bits per heavy atom. The lowest BCUT2D eigenvalue weighted by molar-refractivity contribution is -0.108. The van der Waals surface area contributed by atoms with E-state index in [1.807, 2.05) is 16.9 Å². The van der Waals surface area contributed by atoms with E-state index in [2.05, 4.69) is 15.1 Å². The third-order valence-corrected chi connectivity index (χ3v) is 5.20. The number of hydrogen-bond donors (Lipinski definition) is 1. The number of aliphatic hydroxyl groups excluding tert-OH is 1. The highest BCUT2D eigenvalue weighted by molar-refractivity contribution is 5.90. The molecule has 1 atom stereocenters. The van der Waals surface area contributed by atoms with Gasteiger partial charge >= 0.3 is 0 Å². The molecule has 3 aromatic rings. The second-order valence-corrected chi connectivity index (χ2v) is 6.61. The third kappa shape index (κ3) is 2.84. The summed E-state index contributed by atoms with van der Waals surface area (Å²) < 4.78 is 3.59. The predicted octanol–water partition coefficient (Wildman–Crippen LogP) is 2.56. The van der Waals surface area contributed by atoms with Crippen LogP contribution < -0.4 is 0 Å². The van der Waals surface area contributed by atoms with E-state index in [0.29, 0.717) is 18.0 Å². The molecule has 1 fully saturated rings. The van der Waals surface area contributed by atoms with Gasteiger partial charge in [-0.1, -0.05) is 12.8 Å². The Hall–Kier alpha value is -2.54. The van der Waals surface area contributed by atoms with Crippen molar-refractivity contribution in [3.8, 4) is 11.3 Å². The van der Waals surface area contributed by atoms with Crippen LogP contribution in [-0.2, 0) is 11.5 Å². The first-order valence-electron chi connectivity index (χ1n) is 8.70. The van der Waals surface area contributed by atoms with Gasteiger partial charge in [0.05, 0.1) is 17.9 Å². The second kappa shape index (κ2) is 6.76. The number of fused-ring (bicyclic) bond motifs is 1. The fourth-order valence-corrected chi connectivity index (χ4v) is 3.95. The molecule has 3 heterocycles. The van der Waals surface area contributed by atoms with E-state index >= 15 is 0 Å². The smallest absolute Gasteiger partial charge is 0.145 e. The molecule has 0 unspecified atom stereocenters. The number of carbonyl (C=O) groups is 1. The Labute approximate surface area is 145 Å². The highest BCUT2D eigenvalue weighted by atomic mass is 16.3. The molecule has 0 spiro atoms. The van der Waals surface area contributed by atoms with E-state index < -0.39 is 0 Å². The molecule has 0 bridgehead atoms. The van der Waals surface area contributed by atoms with E-state index in [1.165, 1.54) is 19.2 Å². The molecule has 4 rings (SSSR count). The highest BCUT2D eigenvalue weighted by Gasteiger charge is 2.27. The van der Waals surface area contributed by atoms with Gasteiger partial charge in [0.15, 0.2) is 0 Å². The Morgan fingerprint density at radius 1 is 1.32 bits per heavy atom. The molecule has 0 aromatic carbocycles. The molecule has 0 saturated heterocycles. The zero-order valence-electron chi connectivity index (χ0n) is 14.0. The van der Waals surface area contributed by atoms with Crippen molar-refractivity contribution in [1.82, 2.24) is 24.3 Å². The monoisotopic (exact) mass is 339 g/mol. The lowest BCUT2D eigenvalue weighted by Gasteiger charge is -2.21. The summed E-state index contributed by atoms with van der Waals surface area (Å²) in [5.74, 6) is 0.513. The lowest BCUT2D eigenvalue weighted by Crippen LogP contribution is -2.18. The maximum Gasteiger partial charge on any atom is 0.145 e. The van der Waals surface area contributed by atoms with Crippen LogP contribution in [-0.4, -0.2) is 35.7 Å². The zero-order chi connectivity index (χ0) is 17.2. The normalized spacial score (nSPS) is 16.5. The minimum atomic E-state index is -0.123. The van der Waals surface area contributed by atoms with Crippen LogP contribution in [0.3, 0.4) is 0 Å². The molecule has 1 saturated carbocycles. The molecule has 0 amide bonds. The van der Waals surface area contributed by atoms with Crippen LogP contribution in [0.1, 0.15) is 38.1 Å². The molecule has 7 heteroatoms. The maximum absolute atomic E-state index is 11.1. The summed E-state index contributed by atoms with van der Waals surface area (Å²) in [6.45, 7) is -0.123. The Balaban J connectivity index is 1.71. The second-order valence-electron chi connectivity index (χ2n) is 6.61. The van der Waals surface area contributed by atoms with Gasteiger partial charge in [-0.2, -0.15) is 5.10 Å². The molecule has 1 aliphatic rings. The molecule has 1 N–H and O–H groups in total. The van der Waals surface area contributed by atoms with Crippen molar-refractivity contribution in [2.24, 2.45) is 5.92 Å². The first kappa shape index (κ1) is 16.0. The van der Waals surface area contributed by atoms with Gasteiger partial charge in [0.1, 0.15) is 25.0 Å². The Kier molecular flexibility index (Phi) is 4.31. The minimum absolute atomic E-state index is 0.119. The molecule has 25 heavy (non-hydrogen) atoms. The molecule has 0 radical (unpaired) electrons. The quantitative estimate of drug-likeness (QED) is 0.698. The van der Waals surface area contributed by atoms with Crippen LogP contribution >= 0.6 is 0 Å². The van der Waals surface area contributed by atoms with E-state index in [9.17, 15) is 9.90 Å². The van der Waals surface area contributed by atoms with Crippen LogP contribution in [0.15, 0.2) is 31.0 Å². The Bertz CT molecular complexity index is 879. The summed E-state index contributed by atoms with van der Waals surface area (Å²) in [5, 5.41) is 14.8. The lowest BCUT2D eigenvalue weighted by atomic mass is 9.96. The van der Waals surface area contributed by atoms with Gasteiger partial charge in [-0.25, -0.2) is 9.97 Å². The van der Waals surface area contributed by atoms with Gasteiger partial charge in [0.25, 0.3) is 0 Å². The van der Waals surface area contributed by atoms with Crippen LogP contribution in [0.25, 0.3) is 22.3 Å². The van der Waals surface area contributed by atoms with E-state index in [0.717, 1.165) is 35.8 Å². The van der Waals surface area contributed by atoms with Gasteiger partial charge in [0, 0.05) is 29.8 Å². The van der Waals surface area contributed by atoms with Crippen molar-refractivity contribution in [2.45, 2.75) is 44.9 Å². The summed E-state index contributed by atoms with van der Waals surface area (Å²) in [6, 6.07) is 2.02. The van der Waals surface area contributed by atoms with Crippen LogP contribution in [0.5, 0.6) is 0 Å². The standard InChI is InChI=1S/C18H21N5O2/c24-8-6-16(13-3-1-2-4-13)23-10-14(9-21-23)17-15-5-7-22(12-25)18(15)20-11-19-17/h5,7-11,13,16,25H,1-4,6,12H2/t16-/m1/s1. The van der Waals surface area contributed by atoms with Gasteiger partial charge in [-0.15, -0.1) is 0 Å². The van der Waals surface area contributed by atoms with Crippen molar-refractivity contribution in [3.63, 3.8) is 0 Å². The number of aliphatic hydroxyl groups is 1. The molecular formula is C18H21N5O2. The molecule has 0 aliphatic heterocycles. The van der Waals surface area contributed by atoms with Crippen molar-refractivity contribution >= 4 is 17.3 Å². The van der Waals surface area contributed by atoms with Crippen LogP contribution in [0, 0.1) is 5.92 Å². The van der Waals surface area contributed by atoms with Crippen LogP contribution in [0.2, 0.25) is 0 Å². The molecule has 1 aliphatic carbocycles. The van der Waals surface area contributed by atoms with Crippen molar-refractivity contribution < 1.29 is 9.90 Å². The number of aldehydes is 1. The number of carbonyl (C=O) groups excluding carboxylic acids is 1. The predicted molar refractivity (Wildman–Crippen MR) is 92.6 cm³/mol. The number of rotatable bonds is 6. The molecule has 7 nitrogen and oxygen atoms in total. The number of hydrogen-bond acceptors (Lipinski definition) is 5. The largest absolute Gasteiger partial charge is 0.376 e. The first-order valence-corrected chi connectivity index (χ1v) is 8.70. The number of nitrogens with zero attached hydrogens (tertiary/aromatic N) is 5. The molecular weight excluding hydrogens is 318 g/mol. The van der Waals surface area contributed by atoms with E-state index in [-0.39, 0.29) is 12.8 Å². The fraction of sp³-hybridized carbons (Fsp3) is 0.444. The molecule has 3 aromatic heterocycles. The summed E-state index contributed by atoms with van der Waals surface area (Å²) in [7, 11) is 0. The van der Waals surface area contributed by atoms with Crippen LogP contribution in [0.4, 0.5) is 0 Å². The Morgan fingerprint density at radius 3 is 2.92 bits per heavy atom. The molecule has 130 valence electrons. The van der Waals surface area contributed by atoms with Crippen molar-refractivity contribution in [2.75, 3.05) is 0 Å². The summed E-state index contributed by atoms with van der Waals surface area (Å²) >= 11 is 0. The van der Waals surface area contributed by atoms with Crippen molar-refractivity contribution in [3.05, 3.63) is 31.0 Å². The first-order chi connectivity index (χ1) is 12.3. The topological polar surface area (TPSA) is 85.8 Å². The SMILES string of the molecule is O=CC[C@H](C1CCCC1)n1cc(-c2ncnc3c2ccn3CO)cn1. The fourth-order valence-electron chi connectivity index (χ4n) is 3.95.